The summed E-state index contributed by atoms with van der Waals surface area (Å²) in [6, 6.07) is 3.72. The number of carbonyl (C=O) groups is 2. The van der Waals surface area contributed by atoms with Gasteiger partial charge < -0.3 is 10.4 Å². The summed E-state index contributed by atoms with van der Waals surface area (Å²) in [5.41, 5.74) is 1.62. The van der Waals surface area contributed by atoms with Gasteiger partial charge >= 0.3 is 5.97 Å². The molecule has 2 N–H and O–H groups in total. The fourth-order valence-corrected chi connectivity index (χ4v) is 4.41. The number of rotatable bonds is 4. The number of anilines is 1. The van der Waals surface area contributed by atoms with E-state index in [1.165, 1.54) is 11.3 Å². The standard InChI is InChI=1S/C17H15N3O3S/c21-15(13-9-3-4-10(6-9)14(13)16(22)23)20-17-19-12(8-24-17)11-2-1-5-18-7-11/h1-5,7-10,13-14H,6H2,(H,22,23)(H,19,20,21). The van der Waals surface area contributed by atoms with E-state index in [9.17, 15) is 14.7 Å². The fourth-order valence-electron chi connectivity index (χ4n) is 3.68. The Morgan fingerprint density at radius 2 is 2.04 bits per heavy atom. The number of carboxylic acids is 1. The van der Waals surface area contributed by atoms with Crippen LogP contribution in [0.2, 0.25) is 0 Å². The molecule has 4 atom stereocenters. The number of allylic oxidation sites excluding steroid dienone is 2. The van der Waals surface area contributed by atoms with Crippen molar-refractivity contribution in [2.75, 3.05) is 5.32 Å². The number of carboxylic acid groups (broad SMARTS) is 1. The first-order valence-electron chi connectivity index (χ1n) is 7.71. The molecule has 1 fully saturated rings. The van der Waals surface area contributed by atoms with Gasteiger partial charge in [-0.3, -0.25) is 14.6 Å². The molecule has 1 saturated carbocycles. The maximum absolute atomic E-state index is 12.6. The Labute approximate surface area is 142 Å². The third kappa shape index (κ3) is 2.50. The average Bonchev–Trinajstić information content (AvgIpc) is 3.30. The Morgan fingerprint density at radius 1 is 1.25 bits per heavy atom. The smallest absolute Gasteiger partial charge is 0.307 e. The van der Waals surface area contributed by atoms with Gasteiger partial charge in [0.2, 0.25) is 5.91 Å². The van der Waals surface area contributed by atoms with Crippen molar-refractivity contribution in [1.82, 2.24) is 9.97 Å². The van der Waals surface area contributed by atoms with Crippen LogP contribution in [0, 0.1) is 23.7 Å². The van der Waals surface area contributed by atoms with E-state index in [-0.39, 0.29) is 17.7 Å². The zero-order valence-corrected chi connectivity index (χ0v) is 13.4. The van der Waals surface area contributed by atoms with Gasteiger partial charge in [0.15, 0.2) is 5.13 Å². The Morgan fingerprint density at radius 3 is 2.75 bits per heavy atom. The third-order valence-corrected chi connectivity index (χ3v) is 5.50. The zero-order valence-electron chi connectivity index (χ0n) is 12.6. The predicted molar refractivity (Wildman–Crippen MR) is 89.3 cm³/mol. The van der Waals surface area contributed by atoms with Crippen molar-refractivity contribution < 1.29 is 14.7 Å². The second-order valence-electron chi connectivity index (χ2n) is 6.11. The van der Waals surface area contributed by atoms with Crippen molar-refractivity contribution in [2.24, 2.45) is 23.7 Å². The summed E-state index contributed by atoms with van der Waals surface area (Å²) in [4.78, 5) is 32.6. The van der Waals surface area contributed by atoms with Crippen LogP contribution < -0.4 is 5.32 Å². The molecule has 2 aliphatic carbocycles. The number of aliphatic carboxylic acids is 1. The SMILES string of the molecule is O=C(O)C1C2C=CC(C2)C1C(=O)Nc1nc(-c2cccnc2)cs1. The van der Waals surface area contributed by atoms with Crippen LogP contribution in [-0.4, -0.2) is 27.0 Å². The van der Waals surface area contributed by atoms with Crippen molar-refractivity contribution in [3.63, 3.8) is 0 Å². The van der Waals surface area contributed by atoms with Gasteiger partial charge in [0.1, 0.15) is 0 Å². The van der Waals surface area contributed by atoms with E-state index < -0.39 is 17.8 Å². The molecule has 7 heteroatoms. The number of fused-ring (bicyclic) bond motifs is 2. The molecule has 2 aromatic heterocycles. The number of hydrogen-bond donors (Lipinski definition) is 2. The highest BCUT2D eigenvalue weighted by atomic mass is 32.1. The summed E-state index contributed by atoms with van der Waals surface area (Å²) in [5, 5.41) is 14.6. The summed E-state index contributed by atoms with van der Waals surface area (Å²) < 4.78 is 0. The summed E-state index contributed by atoms with van der Waals surface area (Å²) in [7, 11) is 0. The van der Waals surface area contributed by atoms with Gasteiger partial charge in [-0.1, -0.05) is 12.2 Å². The van der Waals surface area contributed by atoms with Crippen molar-refractivity contribution in [3.8, 4) is 11.3 Å². The number of thiazole rings is 1. The number of carbonyl (C=O) groups excluding carboxylic acids is 1. The number of pyridine rings is 1. The van der Waals surface area contributed by atoms with Crippen LogP contribution in [0.4, 0.5) is 5.13 Å². The van der Waals surface area contributed by atoms with Crippen LogP contribution in [0.25, 0.3) is 11.3 Å². The predicted octanol–water partition coefficient (Wildman–Crippen LogP) is 2.67. The van der Waals surface area contributed by atoms with E-state index in [1.54, 1.807) is 12.4 Å². The van der Waals surface area contributed by atoms with Gasteiger partial charge in [-0.2, -0.15) is 0 Å². The van der Waals surface area contributed by atoms with Crippen LogP contribution in [0.15, 0.2) is 42.1 Å². The molecule has 4 rings (SSSR count). The van der Waals surface area contributed by atoms with E-state index in [2.05, 4.69) is 15.3 Å². The molecule has 0 spiro atoms. The largest absolute Gasteiger partial charge is 0.481 e. The zero-order chi connectivity index (χ0) is 16.7. The number of nitrogens with zero attached hydrogens (tertiary/aromatic N) is 2. The van der Waals surface area contributed by atoms with Crippen LogP contribution in [0.1, 0.15) is 6.42 Å². The number of nitrogens with one attached hydrogen (secondary N) is 1. The Balaban J connectivity index is 1.52. The highest BCUT2D eigenvalue weighted by molar-refractivity contribution is 7.14. The molecule has 122 valence electrons. The first-order chi connectivity index (χ1) is 11.6. The Kier molecular flexibility index (Phi) is 3.65. The van der Waals surface area contributed by atoms with E-state index in [4.69, 9.17) is 0 Å². The number of amides is 1. The van der Waals surface area contributed by atoms with Crippen molar-refractivity contribution in [2.45, 2.75) is 6.42 Å². The third-order valence-electron chi connectivity index (χ3n) is 4.74. The fraction of sp³-hybridized carbons (Fsp3) is 0.294. The normalized spacial score (nSPS) is 27.3. The molecule has 2 bridgehead atoms. The van der Waals surface area contributed by atoms with E-state index in [1.807, 2.05) is 29.7 Å². The van der Waals surface area contributed by atoms with E-state index >= 15 is 0 Å². The lowest BCUT2D eigenvalue weighted by Crippen LogP contribution is -2.36. The molecule has 0 saturated heterocycles. The lowest BCUT2D eigenvalue weighted by molar-refractivity contribution is -0.146. The minimum Gasteiger partial charge on any atom is -0.481 e. The molecule has 2 aliphatic rings. The molecule has 24 heavy (non-hydrogen) atoms. The van der Waals surface area contributed by atoms with Crippen LogP contribution in [0.3, 0.4) is 0 Å². The Hall–Kier alpha value is -2.54. The molecule has 2 heterocycles. The topological polar surface area (TPSA) is 92.2 Å². The minimum absolute atomic E-state index is 0.00820. The molecular weight excluding hydrogens is 326 g/mol. The van der Waals surface area contributed by atoms with Gasteiger partial charge in [0.05, 0.1) is 17.5 Å². The number of aromatic nitrogens is 2. The maximum atomic E-state index is 12.6. The molecule has 2 aromatic rings. The average molecular weight is 341 g/mol. The highest BCUT2D eigenvalue weighted by Gasteiger charge is 2.51. The molecule has 0 aromatic carbocycles. The Bertz CT molecular complexity index is 817. The quantitative estimate of drug-likeness (QED) is 0.834. The van der Waals surface area contributed by atoms with Gasteiger partial charge in [-0.15, -0.1) is 11.3 Å². The van der Waals surface area contributed by atoms with Crippen molar-refractivity contribution >= 4 is 28.3 Å². The summed E-state index contributed by atoms with van der Waals surface area (Å²) >= 11 is 1.32. The molecular formula is C17H15N3O3S. The first kappa shape index (κ1) is 15.0. The molecule has 0 aliphatic heterocycles. The van der Waals surface area contributed by atoms with Gasteiger partial charge in [-0.05, 0) is 30.4 Å². The second-order valence-corrected chi connectivity index (χ2v) is 6.97. The second kappa shape index (κ2) is 5.83. The van der Waals surface area contributed by atoms with Gasteiger partial charge in [0, 0.05) is 23.3 Å². The lowest BCUT2D eigenvalue weighted by Gasteiger charge is -2.23. The monoisotopic (exact) mass is 341 g/mol. The van der Waals surface area contributed by atoms with Gasteiger partial charge in [-0.25, -0.2) is 4.98 Å². The molecule has 0 radical (unpaired) electrons. The first-order valence-corrected chi connectivity index (χ1v) is 8.59. The number of hydrogen-bond acceptors (Lipinski definition) is 5. The van der Waals surface area contributed by atoms with Crippen LogP contribution >= 0.6 is 11.3 Å². The summed E-state index contributed by atoms with van der Waals surface area (Å²) in [5.74, 6) is -2.35. The van der Waals surface area contributed by atoms with Crippen LogP contribution in [-0.2, 0) is 9.59 Å². The molecule has 1 amide bonds. The molecule has 6 nitrogen and oxygen atoms in total. The van der Waals surface area contributed by atoms with Crippen molar-refractivity contribution in [3.05, 3.63) is 42.1 Å². The summed E-state index contributed by atoms with van der Waals surface area (Å²) in [6.45, 7) is 0. The van der Waals surface area contributed by atoms with Crippen molar-refractivity contribution in [1.29, 1.82) is 0 Å². The minimum atomic E-state index is -0.901. The maximum Gasteiger partial charge on any atom is 0.307 e. The summed E-state index contributed by atoms with van der Waals surface area (Å²) in [6.07, 6.45) is 8.04. The van der Waals surface area contributed by atoms with E-state index in [0.717, 1.165) is 17.7 Å². The van der Waals surface area contributed by atoms with E-state index in [0.29, 0.717) is 5.13 Å². The lowest BCUT2D eigenvalue weighted by atomic mass is 9.82. The van der Waals surface area contributed by atoms with Crippen LogP contribution in [0.5, 0.6) is 0 Å². The van der Waals surface area contributed by atoms with Gasteiger partial charge in [0.25, 0.3) is 0 Å². The highest BCUT2D eigenvalue weighted by Crippen LogP contribution is 2.48. The molecule has 4 unspecified atom stereocenters.